The monoisotopic (exact) mass is 372 g/mol. The van der Waals surface area contributed by atoms with Gasteiger partial charge in [-0.1, -0.05) is 24.6 Å². The summed E-state index contributed by atoms with van der Waals surface area (Å²) in [5.41, 5.74) is 0.959. The van der Waals surface area contributed by atoms with E-state index in [1.807, 2.05) is 28.8 Å². The number of benzene rings is 1. The number of amides is 1. The summed E-state index contributed by atoms with van der Waals surface area (Å²) in [7, 11) is 1.65. The molecule has 6 nitrogen and oxygen atoms in total. The molecule has 1 heterocycles. The first-order chi connectivity index (χ1) is 12.8. The molecule has 1 aromatic heterocycles. The number of thioether (sulfide) groups is 1. The van der Waals surface area contributed by atoms with Crippen molar-refractivity contribution in [2.24, 2.45) is 0 Å². The second-order valence-electron chi connectivity index (χ2n) is 6.94. The molecule has 1 amide bonds. The maximum absolute atomic E-state index is 12.9. The van der Waals surface area contributed by atoms with E-state index in [1.165, 1.54) is 24.6 Å². The molecule has 4 rings (SSSR count). The second-order valence-corrected chi connectivity index (χ2v) is 7.88. The number of methoxy groups -OCH3 is 1. The molecule has 0 radical (unpaired) electrons. The minimum absolute atomic E-state index is 0.244. The number of rotatable bonds is 7. The van der Waals surface area contributed by atoms with Crippen LogP contribution in [0.2, 0.25) is 0 Å². The predicted molar refractivity (Wildman–Crippen MR) is 101 cm³/mol. The molecule has 0 unspecified atom stereocenters. The molecule has 138 valence electrons. The Morgan fingerprint density at radius 2 is 1.88 bits per heavy atom. The van der Waals surface area contributed by atoms with Crippen LogP contribution in [0.3, 0.4) is 0 Å². The number of hydrogen-bond donors (Lipinski definition) is 0. The second kappa shape index (κ2) is 7.70. The number of hydrogen-bond acceptors (Lipinski definition) is 5. The van der Waals surface area contributed by atoms with Crippen molar-refractivity contribution < 1.29 is 9.53 Å². The summed E-state index contributed by atoms with van der Waals surface area (Å²) in [6, 6.07) is 8.67. The van der Waals surface area contributed by atoms with Gasteiger partial charge in [-0.3, -0.25) is 9.36 Å². The summed E-state index contributed by atoms with van der Waals surface area (Å²) in [6.07, 6.45) is 8.83. The molecule has 0 N–H and O–H groups in total. The van der Waals surface area contributed by atoms with E-state index in [1.54, 1.807) is 13.4 Å². The Hall–Kier alpha value is -2.02. The minimum Gasteiger partial charge on any atom is -0.497 e. The summed E-state index contributed by atoms with van der Waals surface area (Å²) < 4.78 is 7.11. The van der Waals surface area contributed by atoms with Crippen LogP contribution in [-0.4, -0.2) is 50.5 Å². The summed E-state index contributed by atoms with van der Waals surface area (Å²) in [5, 5.41) is 8.96. The summed E-state index contributed by atoms with van der Waals surface area (Å²) in [4.78, 5) is 15.0. The zero-order valence-electron chi connectivity index (χ0n) is 15.0. The first kappa shape index (κ1) is 17.4. The highest BCUT2D eigenvalue weighted by Crippen LogP contribution is 2.35. The largest absolute Gasteiger partial charge is 0.497 e. The maximum atomic E-state index is 12.9. The van der Waals surface area contributed by atoms with E-state index in [-0.39, 0.29) is 5.91 Å². The van der Waals surface area contributed by atoms with Gasteiger partial charge in [-0.25, -0.2) is 0 Å². The van der Waals surface area contributed by atoms with Gasteiger partial charge in [0.15, 0.2) is 5.16 Å². The van der Waals surface area contributed by atoms with Gasteiger partial charge < -0.3 is 9.64 Å². The van der Waals surface area contributed by atoms with Gasteiger partial charge >= 0.3 is 0 Å². The summed E-state index contributed by atoms with van der Waals surface area (Å²) >= 11 is 1.47. The van der Waals surface area contributed by atoms with Crippen molar-refractivity contribution in [1.82, 2.24) is 19.7 Å². The molecule has 2 fully saturated rings. The van der Waals surface area contributed by atoms with Gasteiger partial charge in [0, 0.05) is 17.8 Å². The topological polar surface area (TPSA) is 60.2 Å². The van der Waals surface area contributed by atoms with Crippen LogP contribution < -0.4 is 4.74 Å². The molecule has 26 heavy (non-hydrogen) atoms. The van der Waals surface area contributed by atoms with Crippen LogP contribution >= 0.6 is 11.8 Å². The number of carbonyl (C=O) groups excluding carboxylic acids is 1. The fourth-order valence-corrected chi connectivity index (χ4v) is 4.48. The molecule has 0 aliphatic heterocycles. The Balaban J connectivity index is 1.43. The lowest BCUT2D eigenvalue weighted by atomic mass is 10.2. The maximum Gasteiger partial charge on any atom is 0.233 e. The first-order valence-corrected chi connectivity index (χ1v) is 10.2. The standard InChI is InChI=1S/C19H24N4O2S/c1-25-17-10-8-14(9-11-17)22-13-20-21-19(22)26-12-18(24)23(16-6-7-16)15-4-2-3-5-15/h8-11,13,15-16H,2-7,12H2,1H3. The Labute approximate surface area is 157 Å². The molecular formula is C19H24N4O2S. The first-order valence-electron chi connectivity index (χ1n) is 9.24. The zero-order valence-corrected chi connectivity index (χ0v) is 15.8. The average Bonchev–Trinajstić information content (AvgIpc) is 3.16. The van der Waals surface area contributed by atoms with Gasteiger partial charge in [0.05, 0.1) is 12.9 Å². The predicted octanol–water partition coefficient (Wildman–Crippen LogP) is 3.30. The van der Waals surface area contributed by atoms with Crippen molar-refractivity contribution in [2.45, 2.75) is 55.8 Å². The molecule has 0 atom stereocenters. The highest BCUT2D eigenvalue weighted by atomic mass is 32.2. The Kier molecular flexibility index (Phi) is 5.15. The fraction of sp³-hybridized carbons (Fsp3) is 0.526. The summed E-state index contributed by atoms with van der Waals surface area (Å²) in [6.45, 7) is 0. The van der Waals surface area contributed by atoms with Crippen molar-refractivity contribution in [3.8, 4) is 11.4 Å². The van der Waals surface area contributed by atoms with Gasteiger partial charge in [-0.2, -0.15) is 0 Å². The highest BCUT2D eigenvalue weighted by Gasteiger charge is 2.38. The van der Waals surface area contributed by atoms with Crippen molar-refractivity contribution in [1.29, 1.82) is 0 Å². The Bertz CT molecular complexity index is 751. The quantitative estimate of drug-likeness (QED) is 0.698. The third-order valence-electron chi connectivity index (χ3n) is 5.14. The lowest BCUT2D eigenvalue weighted by Gasteiger charge is -2.29. The third-order valence-corrected chi connectivity index (χ3v) is 6.07. The van der Waals surface area contributed by atoms with Crippen LogP contribution in [0.4, 0.5) is 0 Å². The van der Waals surface area contributed by atoms with Gasteiger partial charge in [0.2, 0.25) is 5.91 Å². The molecule has 2 aliphatic carbocycles. The smallest absolute Gasteiger partial charge is 0.233 e. The molecule has 0 saturated heterocycles. The van der Waals surface area contributed by atoms with Crippen LogP contribution in [0.5, 0.6) is 5.75 Å². The van der Waals surface area contributed by atoms with Crippen LogP contribution in [0, 0.1) is 0 Å². The molecule has 7 heteroatoms. The molecule has 0 spiro atoms. The van der Waals surface area contributed by atoms with E-state index >= 15 is 0 Å². The highest BCUT2D eigenvalue weighted by molar-refractivity contribution is 7.99. The van der Waals surface area contributed by atoms with Gasteiger partial charge in [-0.15, -0.1) is 10.2 Å². The molecule has 0 bridgehead atoms. The fourth-order valence-electron chi connectivity index (χ4n) is 3.68. The van der Waals surface area contributed by atoms with E-state index < -0.39 is 0 Å². The Morgan fingerprint density at radius 1 is 1.19 bits per heavy atom. The number of aromatic nitrogens is 3. The lowest BCUT2D eigenvalue weighted by Crippen LogP contribution is -2.41. The van der Waals surface area contributed by atoms with Gasteiger partial charge in [0.1, 0.15) is 12.1 Å². The van der Waals surface area contributed by atoms with E-state index in [4.69, 9.17) is 4.74 Å². The van der Waals surface area contributed by atoms with Crippen LogP contribution in [0.25, 0.3) is 5.69 Å². The van der Waals surface area contributed by atoms with Crippen LogP contribution in [0.15, 0.2) is 35.7 Å². The van der Waals surface area contributed by atoms with E-state index in [0.29, 0.717) is 17.8 Å². The normalized spacial score (nSPS) is 17.4. The summed E-state index contributed by atoms with van der Waals surface area (Å²) in [5.74, 6) is 1.47. The van der Waals surface area contributed by atoms with Gasteiger partial charge in [-0.05, 0) is 49.9 Å². The van der Waals surface area contributed by atoms with Crippen molar-refractivity contribution in [3.63, 3.8) is 0 Å². The van der Waals surface area contributed by atoms with Crippen molar-refractivity contribution in [3.05, 3.63) is 30.6 Å². The van der Waals surface area contributed by atoms with Crippen molar-refractivity contribution >= 4 is 17.7 Å². The molecule has 2 saturated carbocycles. The van der Waals surface area contributed by atoms with Crippen molar-refractivity contribution in [2.75, 3.05) is 12.9 Å². The number of nitrogens with zero attached hydrogens (tertiary/aromatic N) is 4. The van der Waals surface area contributed by atoms with E-state index in [0.717, 1.165) is 42.3 Å². The minimum atomic E-state index is 0.244. The number of carbonyl (C=O) groups is 1. The lowest BCUT2D eigenvalue weighted by molar-refractivity contribution is -0.131. The van der Waals surface area contributed by atoms with Crippen LogP contribution in [0.1, 0.15) is 38.5 Å². The SMILES string of the molecule is COc1ccc(-n2cnnc2SCC(=O)N(C2CCCC2)C2CC2)cc1. The number of ether oxygens (including phenoxy) is 1. The zero-order chi connectivity index (χ0) is 17.9. The van der Waals surface area contributed by atoms with Crippen LogP contribution in [-0.2, 0) is 4.79 Å². The molecule has 2 aromatic rings. The van der Waals surface area contributed by atoms with E-state index in [2.05, 4.69) is 15.1 Å². The van der Waals surface area contributed by atoms with E-state index in [9.17, 15) is 4.79 Å². The molecule has 2 aliphatic rings. The van der Waals surface area contributed by atoms with Gasteiger partial charge in [0.25, 0.3) is 0 Å². The molecular weight excluding hydrogens is 348 g/mol. The average molecular weight is 372 g/mol. The molecule has 1 aromatic carbocycles. The Morgan fingerprint density at radius 3 is 2.54 bits per heavy atom. The third kappa shape index (κ3) is 3.72.